The van der Waals surface area contributed by atoms with E-state index in [1.807, 2.05) is 6.92 Å². The van der Waals surface area contributed by atoms with E-state index < -0.39 is 6.17 Å². The third-order valence-corrected chi connectivity index (χ3v) is 4.86. The first-order valence-electron chi connectivity index (χ1n) is 7.64. The molecule has 2 heterocycles. The van der Waals surface area contributed by atoms with Crippen molar-refractivity contribution in [2.45, 2.75) is 25.2 Å². The summed E-state index contributed by atoms with van der Waals surface area (Å²) in [6, 6.07) is 5.46. The second-order valence-electron chi connectivity index (χ2n) is 6.24. The predicted octanol–water partition coefficient (Wildman–Crippen LogP) is 1.06. The fraction of sp³-hybridized carbons (Fsp3) is 0.467. The molecule has 24 heavy (non-hydrogen) atoms. The van der Waals surface area contributed by atoms with E-state index in [-0.39, 0.29) is 41.0 Å². The minimum absolute atomic E-state index is 0.0845. The summed E-state index contributed by atoms with van der Waals surface area (Å²) in [6.07, 6.45) is -0.420. The molecule has 2 fully saturated rings. The van der Waals surface area contributed by atoms with Gasteiger partial charge in [-0.2, -0.15) is 0 Å². The Morgan fingerprint density at radius 1 is 1.08 bits per heavy atom. The van der Waals surface area contributed by atoms with Crippen LogP contribution in [0, 0.1) is 11.1 Å². The lowest BCUT2D eigenvalue weighted by Crippen LogP contribution is -2.71. The van der Waals surface area contributed by atoms with Crippen molar-refractivity contribution in [3.05, 3.63) is 35.0 Å². The maximum Gasteiger partial charge on any atom is 0.319 e. The summed E-state index contributed by atoms with van der Waals surface area (Å²) >= 11 is 0. The van der Waals surface area contributed by atoms with Crippen LogP contribution in [0.1, 0.15) is 18.5 Å². The van der Waals surface area contributed by atoms with Gasteiger partial charge >= 0.3 is 12.1 Å². The van der Waals surface area contributed by atoms with Crippen LogP contribution >= 0.6 is 0 Å². The van der Waals surface area contributed by atoms with Crippen LogP contribution in [0.3, 0.4) is 0 Å². The van der Waals surface area contributed by atoms with Crippen molar-refractivity contribution in [2.24, 2.45) is 5.92 Å². The van der Waals surface area contributed by atoms with Gasteiger partial charge in [0.05, 0.1) is 11.7 Å². The average molecular weight is 334 g/mol. The first-order chi connectivity index (χ1) is 11.3. The number of amides is 4. The van der Waals surface area contributed by atoms with Gasteiger partial charge in [0.15, 0.2) is 0 Å². The summed E-state index contributed by atoms with van der Waals surface area (Å²) in [5.41, 5.74) is 0.935. The highest BCUT2D eigenvalue weighted by Crippen LogP contribution is 2.38. The van der Waals surface area contributed by atoms with Crippen molar-refractivity contribution in [1.82, 2.24) is 20.4 Å². The van der Waals surface area contributed by atoms with E-state index >= 15 is 0 Å². The molecule has 0 radical (unpaired) electrons. The zero-order valence-corrected chi connectivity index (χ0v) is 13.6. The van der Waals surface area contributed by atoms with Gasteiger partial charge < -0.3 is 30.9 Å². The molecule has 3 N–H and O–H groups in total. The summed E-state index contributed by atoms with van der Waals surface area (Å²) in [4.78, 5) is 27.4. The van der Waals surface area contributed by atoms with Gasteiger partial charge in [-0.25, -0.2) is 9.59 Å². The third kappa shape index (κ3) is 2.51. The van der Waals surface area contributed by atoms with Gasteiger partial charge in [0, 0.05) is 26.1 Å². The fourth-order valence-electron chi connectivity index (χ4n) is 3.55. The number of carbonyl (C=O) groups excluding carboxylic acids is 2. The molecule has 1 aromatic carbocycles. The number of benzene rings is 1. The Morgan fingerprint density at radius 2 is 1.67 bits per heavy atom. The van der Waals surface area contributed by atoms with Gasteiger partial charge in [-0.05, 0) is 24.6 Å². The van der Waals surface area contributed by atoms with Crippen molar-refractivity contribution >= 4 is 17.7 Å². The normalized spacial score (nSPS) is 29.7. The molecular weight excluding hydrogens is 314 g/mol. The highest BCUT2D eigenvalue weighted by molar-refractivity contribution is 5.80. The number of hydrogen-bond acceptors (Lipinski definition) is 5. The number of nitrogens with zero attached hydrogens (tertiary/aromatic N) is 3. The van der Waals surface area contributed by atoms with Gasteiger partial charge in [0.25, 0.3) is 0 Å². The summed E-state index contributed by atoms with van der Waals surface area (Å²) < 4.78 is 0. The van der Waals surface area contributed by atoms with Crippen LogP contribution in [0.5, 0.6) is 0 Å². The van der Waals surface area contributed by atoms with Crippen molar-refractivity contribution in [1.29, 1.82) is 0 Å². The van der Waals surface area contributed by atoms with Gasteiger partial charge in [0.1, 0.15) is 6.17 Å². The molecule has 0 unspecified atom stereocenters. The first kappa shape index (κ1) is 16.3. The summed E-state index contributed by atoms with van der Waals surface area (Å²) in [5.74, 6) is -0.0845. The summed E-state index contributed by atoms with van der Waals surface area (Å²) in [5, 5.41) is 25.5. The Hall–Kier alpha value is -2.52. The van der Waals surface area contributed by atoms with Crippen LogP contribution in [0.4, 0.5) is 15.3 Å². The standard InChI is InChI=1S/C15H20N5O4/c1-8-11-12(9-4-6-10(7-5-9)20(23)24)18(2)15(22)17-13(11)19(3)14(21)16-8/h4-8,11-13,23H,1-3H3,(H,16,21)(H,17,22)/q-1/t8-,11+,12-,13-/m0/s1. The number of fused-ring (bicyclic) bond motifs is 1. The second kappa shape index (κ2) is 5.84. The number of rotatable bonds is 2. The molecule has 2 aliphatic rings. The molecule has 0 aliphatic carbocycles. The second-order valence-corrected chi connectivity index (χ2v) is 6.24. The van der Waals surface area contributed by atoms with Gasteiger partial charge in [-0.15, -0.1) is 0 Å². The third-order valence-electron chi connectivity index (χ3n) is 4.86. The number of carbonyl (C=O) groups is 2. The Balaban J connectivity index is 1.99. The molecule has 4 amide bonds. The zero-order chi connectivity index (χ0) is 17.6. The molecule has 3 rings (SSSR count). The van der Waals surface area contributed by atoms with Crippen LogP contribution in [0.25, 0.3) is 0 Å². The van der Waals surface area contributed by atoms with Crippen LogP contribution in [-0.2, 0) is 0 Å². The van der Waals surface area contributed by atoms with Crippen molar-refractivity contribution in [3.63, 3.8) is 0 Å². The number of nitrogens with one attached hydrogen (secondary N) is 2. The summed E-state index contributed by atoms with van der Waals surface area (Å²) in [7, 11) is 3.34. The molecule has 1 aromatic rings. The molecule has 2 aliphatic heterocycles. The van der Waals surface area contributed by atoms with Gasteiger partial charge in [-0.3, -0.25) is 5.21 Å². The zero-order valence-electron chi connectivity index (χ0n) is 13.6. The van der Waals surface area contributed by atoms with Crippen molar-refractivity contribution in [2.75, 3.05) is 19.3 Å². The van der Waals surface area contributed by atoms with E-state index in [0.29, 0.717) is 0 Å². The SMILES string of the molecule is C[C@@H]1NC(=O)N(C)[C@@H]2NC(=O)N(C)[C@@H](c3ccc(N([O-])O)cc3)[C@@H]12. The molecule has 4 atom stereocenters. The Morgan fingerprint density at radius 3 is 2.25 bits per heavy atom. The molecule has 2 saturated heterocycles. The molecule has 0 aromatic heterocycles. The quantitative estimate of drug-likeness (QED) is 0.700. The van der Waals surface area contributed by atoms with E-state index in [2.05, 4.69) is 10.6 Å². The monoisotopic (exact) mass is 334 g/mol. The van der Waals surface area contributed by atoms with Crippen molar-refractivity contribution < 1.29 is 14.8 Å². The molecule has 0 saturated carbocycles. The minimum Gasteiger partial charge on any atom is -0.733 e. The minimum atomic E-state index is -0.420. The Bertz CT molecular complexity index is 650. The molecular formula is C15H20N5O4-. The number of anilines is 1. The van der Waals surface area contributed by atoms with Gasteiger partial charge in [0.2, 0.25) is 0 Å². The van der Waals surface area contributed by atoms with E-state index in [4.69, 9.17) is 5.21 Å². The van der Waals surface area contributed by atoms with Crippen LogP contribution in [0.15, 0.2) is 24.3 Å². The first-order valence-corrected chi connectivity index (χ1v) is 7.64. The average Bonchev–Trinajstić information content (AvgIpc) is 2.54. The lowest BCUT2D eigenvalue weighted by Gasteiger charge is -2.52. The molecule has 130 valence electrons. The number of urea groups is 2. The van der Waals surface area contributed by atoms with Crippen LogP contribution < -0.4 is 15.9 Å². The molecule has 0 bridgehead atoms. The lowest BCUT2D eigenvalue weighted by atomic mass is 9.81. The van der Waals surface area contributed by atoms with E-state index in [9.17, 15) is 14.8 Å². The lowest BCUT2D eigenvalue weighted by molar-refractivity contribution is 0.0248. The largest absolute Gasteiger partial charge is 0.733 e. The van der Waals surface area contributed by atoms with Gasteiger partial charge in [-0.1, -0.05) is 12.1 Å². The maximum atomic E-state index is 12.3. The molecule has 9 heteroatoms. The van der Waals surface area contributed by atoms with E-state index in [0.717, 1.165) is 5.56 Å². The highest BCUT2D eigenvalue weighted by Gasteiger charge is 2.49. The van der Waals surface area contributed by atoms with Crippen molar-refractivity contribution in [3.8, 4) is 0 Å². The maximum absolute atomic E-state index is 12.3. The molecule has 0 spiro atoms. The number of hydrogen-bond donors (Lipinski definition) is 3. The van der Waals surface area contributed by atoms with E-state index in [1.165, 1.54) is 17.0 Å². The predicted molar refractivity (Wildman–Crippen MR) is 86.1 cm³/mol. The fourth-order valence-corrected chi connectivity index (χ4v) is 3.55. The summed E-state index contributed by atoms with van der Waals surface area (Å²) in [6.45, 7) is 1.91. The smallest absolute Gasteiger partial charge is 0.319 e. The van der Waals surface area contributed by atoms with E-state index in [1.54, 1.807) is 31.1 Å². The molecule has 9 nitrogen and oxygen atoms in total. The van der Waals surface area contributed by atoms with Crippen LogP contribution in [0.2, 0.25) is 0 Å². The van der Waals surface area contributed by atoms with Crippen LogP contribution in [-0.4, -0.2) is 53.4 Å². The Labute approximate surface area is 139 Å². The highest BCUT2D eigenvalue weighted by atomic mass is 16.8. The Kier molecular flexibility index (Phi) is 3.98. The topological polar surface area (TPSA) is 111 Å².